The van der Waals surface area contributed by atoms with E-state index in [0.717, 1.165) is 22.1 Å². The third-order valence-electron chi connectivity index (χ3n) is 3.36. The minimum absolute atomic E-state index is 0.0689. The molecule has 0 spiro atoms. The van der Waals surface area contributed by atoms with Crippen molar-refractivity contribution in [3.05, 3.63) is 20.2 Å². The van der Waals surface area contributed by atoms with Crippen LogP contribution in [0.25, 0.3) is 0 Å². The molecule has 1 saturated carbocycles. The van der Waals surface area contributed by atoms with Gasteiger partial charge < -0.3 is 4.74 Å². The van der Waals surface area contributed by atoms with Crippen LogP contribution in [0.3, 0.4) is 0 Å². The van der Waals surface area contributed by atoms with Crippen LogP contribution in [0.5, 0.6) is 0 Å². The number of hydrogen-bond acceptors (Lipinski definition) is 3. The molecule has 0 amide bonds. The van der Waals surface area contributed by atoms with Crippen LogP contribution in [0.15, 0.2) is 0 Å². The van der Waals surface area contributed by atoms with Gasteiger partial charge in [0.2, 0.25) is 0 Å². The van der Waals surface area contributed by atoms with Crippen LogP contribution in [0, 0.1) is 3.57 Å². The van der Waals surface area contributed by atoms with E-state index in [1.165, 1.54) is 12.8 Å². The maximum Gasteiger partial charge on any atom is 0.411 e. The summed E-state index contributed by atoms with van der Waals surface area (Å²) >= 11 is 8.23. The van der Waals surface area contributed by atoms with E-state index >= 15 is 0 Å². The molecule has 0 saturated heterocycles. The second-order valence-electron chi connectivity index (χ2n) is 5.03. The van der Waals surface area contributed by atoms with Gasteiger partial charge in [0.25, 0.3) is 0 Å². The summed E-state index contributed by atoms with van der Waals surface area (Å²) < 4.78 is 41.4. The molecule has 1 aliphatic carbocycles. The van der Waals surface area contributed by atoms with Gasteiger partial charge in [0, 0.05) is 12.3 Å². The molecule has 1 heterocycles. The Hall–Kier alpha value is -0.150. The normalized spacial score (nSPS) is 16.6. The Kier molecular flexibility index (Phi) is 6.07. The number of hydrogen-bond donors (Lipinski definition) is 0. The summed E-state index contributed by atoms with van der Waals surface area (Å²) in [6, 6.07) is 0. The number of nitrogens with zero attached hydrogens (tertiary/aromatic N) is 2. The van der Waals surface area contributed by atoms with Crippen LogP contribution in [0.1, 0.15) is 43.1 Å². The van der Waals surface area contributed by atoms with E-state index in [-0.39, 0.29) is 13.0 Å². The van der Waals surface area contributed by atoms with E-state index in [9.17, 15) is 13.2 Å². The third-order valence-corrected chi connectivity index (χ3v) is 5.02. The lowest BCUT2D eigenvalue weighted by atomic mass is 10.0. The van der Waals surface area contributed by atoms with E-state index in [0.29, 0.717) is 16.9 Å². The zero-order chi connectivity index (χ0) is 15.5. The molecule has 118 valence electrons. The van der Waals surface area contributed by atoms with Gasteiger partial charge >= 0.3 is 6.18 Å². The Labute approximate surface area is 139 Å². The Morgan fingerprint density at radius 2 is 1.90 bits per heavy atom. The smallest absolute Gasteiger partial charge is 0.372 e. The van der Waals surface area contributed by atoms with Crippen molar-refractivity contribution in [1.29, 1.82) is 0 Å². The molecule has 1 fully saturated rings. The molecule has 0 bridgehead atoms. The molecule has 8 heteroatoms. The van der Waals surface area contributed by atoms with Gasteiger partial charge in [-0.15, -0.1) is 0 Å². The molecule has 1 aromatic rings. The van der Waals surface area contributed by atoms with Gasteiger partial charge in [-0.3, -0.25) is 0 Å². The highest BCUT2D eigenvalue weighted by atomic mass is 127. The quantitative estimate of drug-likeness (QED) is 0.388. The van der Waals surface area contributed by atoms with Gasteiger partial charge in [0.1, 0.15) is 17.6 Å². The number of halogens is 5. The standard InChI is InChI=1S/C13H15ClF3IN2O/c14-12-10(18)11(8-3-1-2-4-8)19-9(20-12)5-6-21-7-13(15,16)17/h8H,1-7H2. The first-order chi connectivity index (χ1) is 9.87. The van der Waals surface area contributed by atoms with Crippen LogP contribution in [0.2, 0.25) is 5.15 Å². The highest BCUT2D eigenvalue weighted by molar-refractivity contribution is 14.1. The topological polar surface area (TPSA) is 35.0 Å². The first-order valence-electron chi connectivity index (χ1n) is 6.73. The Balaban J connectivity index is 2.00. The minimum Gasteiger partial charge on any atom is -0.372 e. The van der Waals surface area contributed by atoms with Gasteiger partial charge in [-0.2, -0.15) is 13.2 Å². The first kappa shape index (κ1) is 17.2. The summed E-state index contributed by atoms with van der Waals surface area (Å²) in [6.07, 6.45) is 0.422. The van der Waals surface area contributed by atoms with Gasteiger partial charge in [0.15, 0.2) is 0 Å². The van der Waals surface area contributed by atoms with E-state index in [1.54, 1.807) is 0 Å². The predicted octanol–water partition coefficient (Wildman–Crippen LogP) is 4.51. The summed E-state index contributed by atoms with van der Waals surface area (Å²) in [5.41, 5.74) is 0.930. The van der Waals surface area contributed by atoms with Crippen molar-refractivity contribution in [1.82, 2.24) is 9.97 Å². The van der Waals surface area contributed by atoms with Crippen molar-refractivity contribution >= 4 is 34.2 Å². The van der Waals surface area contributed by atoms with E-state index in [2.05, 4.69) is 37.3 Å². The minimum atomic E-state index is -4.31. The first-order valence-corrected chi connectivity index (χ1v) is 8.19. The molecule has 0 atom stereocenters. The van der Waals surface area contributed by atoms with Gasteiger partial charge in [-0.05, 0) is 35.4 Å². The number of aromatic nitrogens is 2. The Morgan fingerprint density at radius 1 is 1.24 bits per heavy atom. The maximum absolute atomic E-state index is 12.0. The highest BCUT2D eigenvalue weighted by Crippen LogP contribution is 2.36. The lowest BCUT2D eigenvalue weighted by Gasteiger charge is -2.13. The third kappa shape index (κ3) is 5.21. The van der Waals surface area contributed by atoms with Crippen LogP contribution < -0.4 is 0 Å². The Bertz CT molecular complexity index is 493. The summed E-state index contributed by atoms with van der Waals surface area (Å²) in [5.74, 6) is 0.830. The molecule has 0 radical (unpaired) electrons. The largest absolute Gasteiger partial charge is 0.411 e. The molecule has 0 aromatic carbocycles. The van der Waals surface area contributed by atoms with E-state index in [1.807, 2.05) is 0 Å². The fourth-order valence-corrected chi connectivity index (χ4v) is 3.29. The Morgan fingerprint density at radius 3 is 2.52 bits per heavy atom. The van der Waals surface area contributed by atoms with E-state index < -0.39 is 12.8 Å². The molecule has 1 aliphatic rings. The van der Waals surface area contributed by atoms with E-state index in [4.69, 9.17) is 11.6 Å². The fraction of sp³-hybridized carbons (Fsp3) is 0.692. The maximum atomic E-state index is 12.0. The van der Waals surface area contributed by atoms with Gasteiger partial charge in [0.05, 0.1) is 15.9 Å². The molecule has 0 N–H and O–H groups in total. The van der Waals surface area contributed by atoms with Gasteiger partial charge in [-0.1, -0.05) is 24.4 Å². The number of alkyl halides is 3. The second kappa shape index (κ2) is 7.41. The van der Waals surface area contributed by atoms with Crippen LogP contribution in [-0.4, -0.2) is 29.4 Å². The lowest BCUT2D eigenvalue weighted by Crippen LogP contribution is -2.18. The molecule has 21 heavy (non-hydrogen) atoms. The zero-order valence-corrected chi connectivity index (χ0v) is 14.1. The average molecular weight is 435 g/mol. The average Bonchev–Trinajstić information content (AvgIpc) is 2.91. The van der Waals surface area contributed by atoms with Crippen molar-refractivity contribution in [2.24, 2.45) is 0 Å². The van der Waals surface area contributed by atoms with Crippen LogP contribution in [0.4, 0.5) is 13.2 Å². The van der Waals surface area contributed by atoms with Gasteiger partial charge in [-0.25, -0.2) is 9.97 Å². The van der Waals surface area contributed by atoms with Crippen molar-refractivity contribution in [3.8, 4) is 0 Å². The number of ether oxygens (including phenoxy) is 1. The van der Waals surface area contributed by atoms with Crippen LogP contribution >= 0.6 is 34.2 Å². The highest BCUT2D eigenvalue weighted by Gasteiger charge is 2.27. The molecule has 2 rings (SSSR count). The molecule has 0 unspecified atom stereocenters. The molecule has 0 aliphatic heterocycles. The van der Waals surface area contributed by atoms with Crippen molar-refractivity contribution in [3.63, 3.8) is 0 Å². The van der Waals surface area contributed by atoms with Crippen molar-refractivity contribution in [2.75, 3.05) is 13.2 Å². The summed E-state index contributed by atoms with van der Waals surface area (Å²) in [4.78, 5) is 8.61. The molecule has 1 aromatic heterocycles. The monoisotopic (exact) mass is 434 g/mol. The lowest BCUT2D eigenvalue weighted by molar-refractivity contribution is -0.173. The molecular weight excluding hydrogens is 420 g/mol. The van der Waals surface area contributed by atoms with Crippen molar-refractivity contribution in [2.45, 2.75) is 44.2 Å². The molecular formula is C13H15ClF3IN2O. The summed E-state index contributed by atoms with van der Waals surface area (Å²) in [6.45, 7) is -1.32. The number of rotatable bonds is 5. The molecule has 3 nitrogen and oxygen atoms in total. The predicted molar refractivity (Wildman–Crippen MR) is 81.5 cm³/mol. The zero-order valence-electron chi connectivity index (χ0n) is 11.2. The van der Waals surface area contributed by atoms with Crippen molar-refractivity contribution < 1.29 is 17.9 Å². The fourth-order valence-electron chi connectivity index (χ4n) is 2.41. The summed E-state index contributed by atoms with van der Waals surface area (Å²) in [7, 11) is 0. The SMILES string of the molecule is FC(F)(F)COCCc1nc(Cl)c(I)c(C2CCCC2)n1. The second-order valence-corrected chi connectivity index (χ2v) is 6.47. The summed E-state index contributed by atoms with van der Waals surface area (Å²) in [5, 5.41) is 0.373. The van der Waals surface area contributed by atoms with Crippen LogP contribution in [-0.2, 0) is 11.2 Å².